The molecule has 0 saturated carbocycles. The summed E-state index contributed by atoms with van der Waals surface area (Å²) < 4.78 is 14.8. The van der Waals surface area contributed by atoms with Gasteiger partial charge in [-0.3, -0.25) is 0 Å². The number of thiophene rings is 1. The van der Waals surface area contributed by atoms with Gasteiger partial charge in [0, 0.05) is 4.70 Å². The van der Waals surface area contributed by atoms with E-state index in [1.54, 1.807) is 17.4 Å². The summed E-state index contributed by atoms with van der Waals surface area (Å²) in [5.74, 6) is 0.433. The topological polar surface area (TPSA) is 28.7 Å². The number of halogens is 1. The Morgan fingerprint density at radius 1 is 1.05 bits per heavy atom. The molecule has 2 nitrogen and oxygen atoms in total. The number of imidazole rings is 1. The fourth-order valence-corrected chi connectivity index (χ4v) is 3.22. The average molecular weight is 268 g/mol. The van der Waals surface area contributed by atoms with Crippen LogP contribution >= 0.6 is 11.3 Å². The monoisotopic (exact) mass is 268 g/mol. The van der Waals surface area contributed by atoms with Crippen LogP contribution in [0.5, 0.6) is 0 Å². The van der Waals surface area contributed by atoms with Gasteiger partial charge in [-0.25, -0.2) is 9.37 Å². The van der Waals surface area contributed by atoms with Crippen LogP contribution in [0.3, 0.4) is 0 Å². The lowest BCUT2D eigenvalue weighted by molar-refractivity contribution is 0.637. The molecule has 0 aliphatic rings. The third-order valence-electron chi connectivity index (χ3n) is 3.12. The van der Waals surface area contributed by atoms with E-state index in [0.717, 1.165) is 16.2 Å². The van der Waals surface area contributed by atoms with Crippen molar-refractivity contribution in [1.29, 1.82) is 0 Å². The molecule has 4 rings (SSSR count). The number of para-hydroxylation sites is 1. The maximum absolute atomic E-state index is 13.6. The zero-order valence-corrected chi connectivity index (χ0v) is 10.7. The first-order valence-electron chi connectivity index (χ1n) is 5.94. The number of nitrogens with zero attached hydrogens (tertiary/aromatic N) is 1. The molecule has 0 aliphatic carbocycles. The van der Waals surface area contributed by atoms with Crippen molar-refractivity contribution in [3.63, 3.8) is 0 Å². The van der Waals surface area contributed by atoms with Crippen molar-refractivity contribution < 1.29 is 4.39 Å². The van der Waals surface area contributed by atoms with Gasteiger partial charge >= 0.3 is 0 Å². The summed E-state index contributed by atoms with van der Waals surface area (Å²) in [4.78, 5) is 8.56. The van der Waals surface area contributed by atoms with Gasteiger partial charge in [0.05, 0.1) is 10.4 Å². The summed E-state index contributed by atoms with van der Waals surface area (Å²) in [7, 11) is 0. The molecule has 0 saturated heterocycles. The van der Waals surface area contributed by atoms with Crippen molar-refractivity contribution >= 4 is 32.5 Å². The fraction of sp³-hybridized carbons (Fsp3) is 0. The lowest BCUT2D eigenvalue weighted by Crippen LogP contribution is -1.75. The zero-order valence-electron chi connectivity index (χ0n) is 9.85. The van der Waals surface area contributed by atoms with Crippen LogP contribution in [0.4, 0.5) is 4.39 Å². The zero-order chi connectivity index (χ0) is 12.8. The molecule has 2 heterocycles. The molecular weight excluding hydrogens is 259 g/mol. The van der Waals surface area contributed by atoms with Crippen molar-refractivity contribution in [1.82, 2.24) is 9.97 Å². The first kappa shape index (κ1) is 10.7. The van der Waals surface area contributed by atoms with Crippen LogP contribution in [0.2, 0.25) is 0 Å². The van der Waals surface area contributed by atoms with Crippen molar-refractivity contribution in [2.24, 2.45) is 0 Å². The van der Waals surface area contributed by atoms with E-state index in [1.165, 1.54) is 16.2 Å². The molecule has 0 aliphatic heterocycles. The summed E-state index contributed by atoms with van der Waals surface area (Å²) in [5, 5.41) is 1.18. The minimum Gasteiger partial charge on any atom is -0.337 e. The second-order valence-corrected chi connectivity index (χ2v) is 5.45. The molecule has 4 aromatic rings. The predicted octanol–water partition coefficient (Wildman–Crippen LogP) is 4.58. The number of nitrogens with one attached hydrogen (secondary N) is 1. The van der Waals surface area contributed by atoms with E-state index in [1.807, 2.05) is 18.2 Å². The first-order chi connectivity index (χ1) is 9.31. The SMILES string of the molecule is Fc1cccc2[nH]c(-c3cc4ccccc4s3)nc12. The summed E-state index contributed by atoms with van der Waals surface area (Å²) >= 11 is 1.66. The van der Waals surface area contributed by atoms with E-state index in [0.29, 0.717) is 5.52 Å². The Morgan fingerprint density at radius 3 is 2.79 bits per heavy atom. The minimum absolute atomic E-state index is 0.291. The molecule has 2 aromatic carbocycles. The van der Waals surface area contributed by atoms with Crippen LogP contribution in [0.25, 0.3) is 31.8 Å². The van der Waals surface area contributed by atoms with Crippen molar-refractivity contribution in [2.75, 3.05) is 0 Å². The van der Waals surface area contributed by atoms with E-state index < -0.39 is 0 Å². The summed E-state index contributed by atoms with van der Waals surface area (Å²) in [6, 6.07) is 15.2. The smallest absolute Gasteiger partial charge is 0.151 e. The molecule has 0 fully saturated rings. The van der Waals surface area contributed by atoms with E-state index in [-0.39, 0.29) is 5.82 Å². The quantitative estimate of drug-likeness (QED) is 0.537. The number of fused-ring (bicyclic) bond motifs is 2. The molecule has 1 N–H and O–H groups in total. The molecule has 0 atom stereocenters. The highest BCUT2D eigenvalue weighted by molar-refractivity contribution is 7.22. The number of aromatic nitrogens is 2. The van der Waals surface area contributed by atoms with E-state index in [9.17, 15) is 4.39 Å². The number of rotatable bonds is 1. The van der Waals surface area contributed by atoms with Crippen LogP contribution in [-0.4, -0.2) is 9.97 Å². The van der Waals surface area contributed by atoms with Crippen LogP contribution in [-0.2, 0) is 0 Å². The van der Waals surface area contributed by atoms with Gasteiger partial charge in [-0.05, 0) is 29.7 Å². The third kappa shape index (κ3) is 1.64. The molecule has 19 heavy (non-hydrogen) atoms. The molecule has 0 bridgehead atoms. The molecular formula is C15H9FN2S. The maximum atomic E-state index is 13.6. The average Bonchev–Trinajstić information content (AvgIpc) is 3.02. The predicted molar refractivity (Wildman–Crippen MR) is 76.9 cm³/mol. The molecule has 2 aromatic heterocycles. The van der Waals surface area contributed by atoms with Gasteiger partial charge in [0.2, 0.25) is 0 Å². The largest absolute Gasteiger partial charge is 0.337 e. The number of H-pyrrole nitrogens is 1. The van der Waals surface area contributed by atoms with E-state index in [2.05, 4.69) is 28.2 Å². The number of aromatic amines is 1. The Kier molecular flexibility index (Phi) is 2.19. The molecule has 0 radical (unpaired) electrons. The lowest BCUT2D eigenvalue weighted by atomic mass is 10.2. The number of hydrogen-bond donors (Lipinski definition) is 1. The van der Waals surface area contributed by atoms with Crippen molar-refractivity contribution in [2.45, 2.75) is 0 Å². The second kappa shape index (κ2) is 3.90. The Bertz CT molecular complexity index is 858. The standard InChI is InChI=1S/C15H9FN2S/c16-10-5-3-6-11-14(10)18-15(17-11)13-8-9-4-1-2-7-12(9)19-13/h1-8H,(H,17,18). The van der Waals surface area contributed by atoms with Gasteiger partial charge in [0.15, 0.2) is 5.82 Å². The number of hydrogen-bond acceptors (Lipinski definition) is 2. The second-order valence-electron chi connectivity index (χ2n) is 4.37. The van der Waals surface area contributed by atoms with Crippen LogP contribution in [0.1, 0.15) is 0 Å². The van der Waals surface area contributed by atoms with Crippen molar-refractivity contribution in [3.8, 4) is 10.7 Å². The summed E-state index contributed by atoms with van der Waals surface area (Å²) in [6.07, 6.45) is 0. The highest BCUT2D eigenvalue weighted by Gasteiger charge is 2.10. The van der Waals surface area contributed by atoms with Gasteiger partial charge in [0.25, 0.3) is 0 Å². The Morgan fingerprint density at radius 2 is 1.95 bits per heavy atom. The van der Waals surface area contributed by atoms with Crippen LogP contribution < -0.4 is 0 Å². The summed E-state index contributed by atoms with van der Waals surface area (Å²) in [5.41, 5.74) is 1.13. The van der Waals surface area contributed by atoms with Gasteiger partial charge in [-0.2, -0.15) is 0 Å². The normalized spacial score (nSPS) is 11.4. The Labute approximate surface area is 112 Å². The number of benzene rings is 2. The van der Waals surface area contributed by atoms with Gasteiger partial charge in [0.1, 0.15) is 11.3 Å². The molecule has 92 valence electrons. The first-order valence-corrected chi connectivity index (χ1v) is 6.76. The lowest BCUT2D eigenvalue weighted by Gasteiger charge is -1.86. The van der Waals surface area contributed by atoms with Gasteiger partial charge < -0.3 is 4.98 Å². The Balaban J connectivity index is 1.96. The molecule has 0 spiro atoms. The minimum atomic E-state index is -0.291. The Hall–Kier alpha value is -2.20. The maximum Gasteiger partial charge on any atom is 0.151 e. The molecule has 4 heteroatoms. The van der Waals surface area contributed by atoms with E-state index in [4.69, 9.17) is 0 Å². The van der Waals surface area contributed by atoms with Crippen LogP contribution in [0, 0.1) is 5.82 Å². The highest BCUT2D eigenvalue weighted by atomic mass is 32.1. The fourth-order valence-electron chi connectivity index (χ4n) is 2.21. The van der Waals surface area contributed by atoms with Crippen LogP contribution in [0.15, 0.2) is 48.5 Å². The third-order valence-corrected chi connectivity index (χ3v) is 4.25. The van der Waals surface area contributed by atoms with Gasteiger partial charge in [-0.15, -0.1) is 11.3 Å². The van der Waals surface area contributed by atoms with E-state index >= 15 is 0 Å². The molecule has 0 unspecified atom stereocenters. The molecule has 0 amide bonds. The van der Waals surface area contributed by atoms with Gasteiger partial charge in [-0.1, -0.05) is 24.3 Å². The summed E-state index contributed by atoms with van der Waals surface area (Å²) in [6.45, 7) is 0. The van der Waals surface area contributed by atoms with Crippen molar-refractivity contribution in [3.05, 3.63) is 54.3 Å². The highest BCUT2D eigenvalue weighted by Crippen LogP contribution is 2.33.